The molecule has 1 rings (SSSR count). The summed E-state index contributed by atoms with van der Waals surface area (Å²) in [6, 6.07) is 0. The van der Waals surface area contributed by atoms with E-state index in [2.05, 4.69) is 15.6 Å². The number of aliphatic imine (C=N–C) groups is 1. The number of nitrogens with zero attached hydrogens (tertiary/aromatic N) is 1. The molecule has 0 unspecified atom stereocenters. The van der Waals surface area contributed by atoms with Crippen LogP contribution in [0.1, 0.15) is 26.7 Å². The van der Waals surface area contributed by atoms with Gasteiger partial charge in [0.25, 0.3) is 0 Å². The molecule has 19 heavy (non-hydrogen) atoms. The van der Waals surface area contributed by atoms with Crippen LogP contribution in [0.2, 0.25) is 0 Å². The van der Waals surface area contributed by atoms with Crippen LogP contribution in [0.25, 0.3) is 0 Å². The van der Waals surface area contributed by atoms with Gasteiger partial charge in [-0.2, -0.15) is 0 Å². The molecule has 3 N–H and O–H groups in total. The zero-order valence-electron chi connectivity index (χ0n) is 12.1. The Kier molecular flexibility index (Phi) is 7.78. The molecular weight excluding hydrogens is 246 g/mol. The van der Waals surface area contributed by atoms with Gasteiger partial charge in [-0.3, -0.25) is 4.99 Å². The molecule has 0 aliphatic carbocycles. The average molecular weight is 273 g/mol. The summed E-state index contributed by atoms with van der Waals surface area (Å²) in [5.74, 6) is 0.724. The van der Waals surface area contributed by atoms with E-state index in [-0.39, 0.29) is 0 Å². The standard InChI is InChI=1S/C13H27N3O3/c1-3-14-12(15-7-10-18-4-2)16-11-13(17)5-8-19-9-6-13/h17H,3-11H2,1-2H3,(H2,14,15,16). The molecule has 112 valence electrons. The normalized spacial score (nSPS) is 19.2. The van der Waals surface area contributed by atoms with Gasteiger partial charge in [0.15, 0.2) is 5.96 Å². The van der Waals surface area contributed by atoms with E-state index in [9.17, 15) is 5.11 Å². The van der Waals surface area contributed by atoms with Crippen molar-refractivity contribution in [2.45, 2.75) is 32.3 Å². The fraction of sp³-hybridized carbons (Fsp3) is 0.923. The van der Waals surface area contributed by atoms with Crippen molar-refractivity contribution in [3.63, 3.8) is 0 Å². The molecule has 0 spiro atoms. The molecule has 6 nitrogen and oxygen atoms in total. The SMILES string of the molecule is CCNC(=NCC1(O)CCOCC1)NCCOCC. The number of hydrogen-bond acceptors (Lipinski definition) is 4. The Balaban J connectivity index is 2.38. The molecule has 0 bridgehead atoms. The van der Waals surface area contributed by atoms with Gasteiger partial charge in [0.2, 0.25) is 0 Å². The van der Waals surface area contributed by atoms with Crippen molar-refractivity contribution in [3.8, 4) is 0 Å². The summed E-state index contributed by atoms with van der Waals surface area (Å²) in [7, 11) is 0. The second-order valence-electron chi connectivity index (χ2n) is 4.66. The number of guanidine groups is 1. The lowest BCUT2D eigenvalue weighted by Gasteiger charge is -2.30. The van der Waals surface area contributed by atoms with Crippen LogP contribution in [0.3, 0.4) is 0 Å². The Morgan fingerprint density at radius 1 is 1.32 bits per heavy atom. The van der Waals surface area contributed by atoms with Crippen molar-refractivity contribution in [2.75, 3.05) is 46.1 Å². The van der Waals surface area contributed by atoms with Gasteiger partial charge in [-0.1, -0.05) is 0 Å². The maximum absolute atomic E-state index is 10.3. The molecular formula is C13H27N3O3. The summed E-state index contributed by atoms with van der Waals surface area (Å²) >= 11 is 0. The zero-order chi connectivity index (χ0) is 14.0. The first-order valence-corrected chi connectivity index (χ1v) is 7.10. The largest absolute Gasteiger partial charge is 0.388 e. The van der Waals surface area contributed by atoms with Crippen LogP contribution in [-0.4, -0.2) is 62.7 Å². The summed E-state index contributed by atoms with van der Waals surface area (Å²) in [6.45, 7) is 8.49. The summed E-state index contributed by atoms with van der Waals surface area (Å²) in [5, 5.41) is 16.7. The lowest BCUT2D eigenvalue weighted by atomic mass is 9.95. The highest BCUT2D eigenvalue weighted by atomic mass is 16.5. The lowest BCUT2D eigenvalue weighted by Crippen LogP contribution is -2.43. The smallest absolute Gasteiger partial charge is 0.191 e. The minimum atomic E-state index is -0.722. The van der Waals surface area contributed by atoms with Crippen LogP contribution in [-0.2, 0) is 9.47 Å². The Morgan fingerprint density at radius 3 is 2.68 bits per heavy atom. The number of hydrogen-bond donors (Lipinski definition) is 3. The van der Waals surface area contributed by atoms with Gasteiger partial charge in [-0.05, 0) is 13.8 Å². The first-order chi connectivity index (χ1) is 9.20. The molecule has 0 atom stereocenters. The monoisotopic (exact) mass is 273 g/mol. The molecule has 6 heteroatoms. The molecule has 0 amide bonds. The van der Waals surface area contributed by atoms with Crippen LogP contribution in [0.15, 0.2) is 4.99 Å². The van der Waals surface area contributed by atoms with Crippen molar-refractivity contribution < 1.29 is 14.6 Å². The number of rotatable bonds is 7. The molecule has 1 fully saturated rings. The Morgan fingerprint density at radius 2 is 2.05 bits per heavy atom. The average Bonchev–Trinajstić information content (AvgIpc) is 2.42. The highest BCUT2D eigenvalue weighted by molar-refractivity contribution is 5.79. The lowest BCUT2D eigenvalue weighted by molar-refractivity contribution is -0.0565. The molecule has 0 aromatic heterocycles. The maximum Gasteiger partial charge on any atom is 0.191 e. The topological polar surface area (TPSA) is 75.1 Å². The molecule has 0 radical (unpaired) electrons. The fourth-order valence-electron chi connectivity index (χ4n) is 1.86. The molecule has 1 aliphatic heterocycles. The van der Waals surface area contributed by atoms with Crippen molar-refractivity contribution in [3.05, 3.63) is 0 Å². The van der Waals surface area contributed by atoms with Gasteiger partial charge in [0.1, 0.15) is 0 Å². The summed E-state index contributed by atoms with van der Waals surface area (Å²) in [6.07, 6.45) is 1.30. The Hall–Kier alpha value is -0.850. The first-order valence-electron chi connectivity index (χ1n) is 7.10. The van der Waals surface area contributed by atoms with Gasteiger partial charge in [0.05, 0.1) is 18.8 Å². The van der Waals surface area contributed by atoms with Gasteiger partial charge in [-0.25, -0.2) is 0 Å². The predicted molar refractivity (Wildman–Crippen MR) is 75.5 cm³/mol. The second-order valence-corrected chi connectivity index (χ2v) is 4.66. The first kappa shape index (κ1) is 16.2. The maximum atomic E-state index is 10.3. The van der Waals surface area contributed by atoms with Crippen molar-refractivity contribution in [2.24, 2.45) is 4.99 Å². The van der Waals surface area contributed by atoms with E-state index in [1.807, 2.05) is 13.8 Å². The third-order valence-electron chi connectivity index (χ3n) is 3.04. The van der Waals surface area contributed by atoms with E-state index in [0.29, 0.717) is 45.8 Å². The van der Waals surface area contributed by atoms with Gasteiger partial charge in [-0.15, -0.1) is 0 Å². The fourth-order valence-corrected chi connectivity index (χ4v) is 1.86. The third kappa shape index (κ3) is 6.75. The highest BCUT2D eigenvalue weighted by Crippen LogP contribution is 2.20. The summed E-state index contributed by atoms with van der Waals surface area (Å²) in [4.78, 5) is 4.44. The third-order valence-corrected chi connectivity index (χ3v) is 3.04. The van der Waals surface area contributed by atoms with Crippen molar-refractivity contribution in [1.29, 1.82) is 0 Å². The minimum absolute atomic E-state index is 0.403. The summed E-state index contributed by atoms with van der Waals surface area (Å²) < 4.78 is 10.5. The van der Waals surface area contributed by atoms with Crippen LogP contribution in [0.5, 0.6) is 0 Å². The molecule has 1 saturated heterocycles. The van der Waals surface area contributed by atoms with E-state index in [0.717, 1.165) is 19.1 Å². The van der Waals surface area contributed by atoms with E-state index in [4.69, 9.17) is 9.47 Å². The van der Waals surface area contributed by atoms with Crippen LogP contribution in [0, 0.1) is 0 Å². The second kappa shape index (κ2) is 9.12. The zero-order valence-corrected chi connectivity index (χ0v) is 12.1. The molecule has 0 aromatic carbocycles. The van der Waals surface area contributed by atoms with Gasteiger partial charge < -0.3 is 25.2 Å². The molecule has 1 heterocycles. The molecule has 0 saturated carbocycles. The van der Waals surface area contributed by atoms with Crippen LogP contribution >= 0.6 is 0 Å². The van der Waals surface area contributed by atoms with E-state index >= 15 is 0 Å². The quantitative estimate of drug-likeness (QED) is 0.349. The number of nitrogens with one attached hydrogen (secondary N) is 2. The Bertz CT molecular complexity index is 266. The molecule has 0 aromatic rings. The highest BCUT2D eigenvalue weighted by Gasteiger charge is 2.29. The van der Waals surface area contributed by atoms with Crippen LogP contribution in [0.4, 0.5) is 0 Å². The van der Waals surface area contributed by atoms with Crippen molar-refractivity contribution >= 4 is 5.96 Å². The van der Waals surface area contributed by atoms with Gasteiger partial charge >= 0.3 is 0 Å². The number of aliphatic hydroxyl groups is 1. The van der Waals surface area contributed by atoms with E-state index in [1.54, 1.807) is 0 Å². The number of ether oxygens (including phenoxy) is 2. The van der Waals surface area contributed by atoms with E-state index < -0.39 is 5.60 Å². The summed E-state index contributed by atoms with van der Waals surface area (Å²) in [5.41, 5.74) is -0.722. The predicted octanol–water partition coefficient (Wildman–Crippen LogP) is 0.120. The Labute approximate surface area is 115 Å². The minimum Gasteiger partial charge on any atom is -0.388 e. The van der Waals surface area contributed by atoms with Gasteiger partial charge in [0, 0.05) is 45.8 Å². The van der Waals surface area contributed by atoms with E-state index in [1.165, 1.54) is 0 Å². The molecule has 1 aliphatic rings. The van der Waals surface area contributed by atoms with Crippen LogP contribution < -0.4 is 10.6 Å². The van der Waals surface area contributed by atoms with Crippen molar-refractivity contribution in [1.82, 2.24) is 10.6 Å².